The van der Waals surface area contributed by atoms with E-state index in [2.05, 4.69) is 5.32 Å². The summed E-state index contributed by atoms with van der Waals surface area (Å²) in [5.74, 6) is -0.259. The van der Waals surface area contributed by atoms with Crippen LogP contribution in [0, 0.1) is 26.6 Å². The van der Waals surface area contributed by atoms with Crippen LogP contribution in [0.25, 0.3) is 11.0 Å². The first kappa shape index (κ1) is 15.3. The number of benzene rings is 2. The zero-order chi connectivity index (χ0) is 16.6. The fourth-order valence-electron chi connectivity index (χ4n) is 2.65. The number of hydrogen-bond acceptors (Lipinski definition) is 3. The molecule has 0 unspecified atom stereocenters. The van der Waals surface area contributed by atoms with Gasteiger partial charge in [0, 0.05) is 23.7 Å². The summed E-state index contributed by atoms with van der Waals surface area (Å²) >= 11 is 0. The Morgan fingerprint density at radius 2 is 1.74 bits per heavy atom. The van der Waals surface area contributed by atoms with Crippen molar-refractivity contribution in [3.05, 3.63) is 74.9 Å². The van der Waals surface area contributed by atoms with Gasteiger partial charge in [0.1, 0.15) is 11.4 Å². The Bertz CT molecular complexity index is 944. The Hall–Kier alpha value is -2.62. The van der Waals surface area contributed by atoms with Gasteiger partial charge < -0.3 is 9.73 Å². The summed E-state index contributed by atoms with van der Waals surface area (Å²) in [7, 11) is 0. The van der Waals surface area contributed by atoms with Crippen molar-refractivity contribution in [2.24, 2.45) is 0 Å². The van der Waals surface area contributed by atoms with E-state index in [9.17, 15) is 9.18 Å². The number of aryl methyl sites for hydroxylation is 3. The summed E-state index contributed by atoms with van der Waals surface area (Å²) in [6.45, 7) is 6.33. The minimum Gasteiger partial charge on any atom is -0.423 e. The zero-order valence-corrected chi connectivity index (χ0v) is 13.4. The molecule has 1 N–H and O–H groups in total. The largest absolute Gasteiger partial charge is 0.423 e. The highest BCUT2D eigenvalue weighted by Gasteiger charge is 2.08. The van der Waals surface area contributed by atoms with E-state index in [1.165, 1.54) is 18.2 Å². The molecule has 1 heterocycles. The van der Waals surface area contributed by atoms with E-state index in [4.69, 9.17) is 4.42 Å². The topological polar surface area (TPSA) is 42.2 Å². The molecule has 0 aliphatic carbocycles. The molecule has 4 heteroatoms. The molecule has 0 aliphatic rings. The lowest BCUT2D eigenvalue weighted by Gasteiger charge is -2.12. The van der Waals surface area contributed by atoms with Gasteiger partial charge in [-0.25, -0.2) is 9.18 Å². The Morgan fingerprint density at radius 3 is 2.48 bits per heavy atom. The fourth-order valence-corrected chi connectivity index (χ4v) is 2.65. The third kappa shape index (κ3) is 3.11. The van der Waals surface area contributed by atoms with Gasteiger partial charge in [0.25, 0.3) is 0 Å². The molecule has 0 bridgehead atoms. The van der Waals surface area contributed by atoms with E-state index >= 15 is 0 Å². The fraction of sp³-hybridized carbons (Fsp3) is 0.211. The van der Waals surface area contributed by atoms with Gasteiger partial charge in [-0.15, -0.1) is 0 Å². The lowest BCUT2D eigenvalue weighted by molar-refractivity contribution is 0.559. The van der Waals surface area contributed by atoms with Gasteiger partial charge in [0.05, 0.1) is 0 Å². The molecule has 3 aromatic rings. The lowest BCUT2D eigenvalue weighted by Crippen LogP contribution is -2.07. The second kappa shape index (κ2) is 5.88. The van der Waals surface area contributed by atoms with E-state index in [1.807, 2.05) is 32.9 Å². The van der Waals surface area contributed by atoms with E-state index in [0.717, 1.165) is 33.3 Å². The van der Waals surface area contributed by atoms with Crippen LogP contribution in [0.2, 0.25) is 0 Å². The SMILES string of the molecule is Cc1cc2oc(=O)cc(CNc3ccc(F)cc3C)c2cc1C. The monoisotopic (exact) mass is 311 g/mol. The van der Waals surface area contributed by atoms with Gasteiger partial charge in [0.15, 0.2) is 0 Å². The van der Waals surface area contributed by atoms with Crippen LogP contribution < -0.4 is 10.9 Å². The maximum atomic E-state index is 13.2. The summed E-state index contributed by atoms with van der Waals surface area (Å²) in [6.07, 6.45) is 0. The van der Waals surface area contributed by atoms with Crippen LogP contribution in [0.4, 0.5) is 10.1 Å². The average molecular weight is 311 g/mol. The van der Waals surface area contributed by atoms with Crippen LogP contribution in [0.5, 0.6) is 0 Å². The van der Waals surface area contributed by atoms with Crippen LogP contribution in [0.15, 0.2) is 45.6 Å². The molecule has 1 aromatic heterocycles. The molecule has 118 valence electrons. The smallest absolute Gasteiger partial charge is 0.336 e. The molecule has 0 aliphatic heterocycles. The normalized spacial score (nSPS) is 11.0. The molecule has 0 saturated heterocycles. The number of rotatable bonds is 3. The van der Waals surface area contributed by atoms with Crippen molar-refractivity contribution in [3.8, 4) is 0 Å². The molecule has 23 heavy (non-hydrogen) atoms. The Morgan fingerprint density at radius 1 is 1.00 bits per heavy atom. The summed E-state index contributed by atoms with van der Waals surface area (Å²) in [4.78, 5) is 11.8. The molecule has 0 amide bonds. The molecule has 0 atom stereocenters. The Kier molecular flexibility index (Phi) is 3.90. The standard InChI is InChI=1S/C19H18FNO2/c1-11-7-16-14(9-19(22)23-18(16)8-12(11)2)10-21-17-5-4-15(20)6-13(17)3/h4-9,21H,10H2,1-3H3. The molecule has 0 saturated carbocycles. The predicted octanol–water partition coefficient (Wildman–Crippen LogP) is 4.47. The van der Waals surface area contributed by atoms with Crippen LogP contribution in [0.3, 0.4) is 0 Å². The number of fused-ring (bicyclic) bond motifs is 1. The maximum absolute atomic E-state index is 13.2. The number of anilines is 1. The molecule has 2 aromatic carbocycles. The van der Waals surface area contributed by atoms with Crippen LogP contribution in [-0.4, -0.2) is 0 Å². The molecular weight excluding hydrogens is 293 g/mol. The van der Waals surface area contributed by atoms with Crippen molar-refractivity contribution in [2.75, 3.05) is 5.32 Å². The van der Waals surface area contributed by atoms with Crippen molar-refractivity contribution in [2.45, 2.75) is 27.3 Å². The van der Waals surface area contributed by atoms with Gasteiger partial charge in [-0.1, -0.05) is 0 Å². The van der Waals surface area contributed by atoms with Crippen molar-refractivity contribution in [3.63, 3.8) is 0 Å². The summed E-state index contributed by atoms with van der Waals surface area (Å²) in [5.41, 5.74) is 4.98. The van der Waals surface area contributed by atoms with Crippen LogP contribution >= 0.6 is 0 Å². The highest BCUT2D eigenvalue weighted by Crippen LogP contribution is 2.23. The van der Waals surface area contributed by atoms with Crippen LogP contribution in [-0.2, 0) is 6.54 Å². The highest BCUT2D eigenvalue weighted by molar-refractivity contribution is 5.82. The quantitative estimate of drug-likeness (QED) is 0.726. The molecule has 3 rings (SSSR count). The van der Waals surface area contributed by atoms with Gasteiger partial charge in [-0.3, -0.25) is 0 Å². The lowest BCUT2D eigenvalue weighted by atomic mass is 10.0. The average Bonchev–Trinajstić information content (AvgIpc) is 2.48. The first-order valence-electron chi connectivity index (χ1n) is 7.48. The first-order chi connectivity index (χ1) is 10.9. The summed E-state index contributed by atoms with van der Waals surface area (Å²) in [5, 5.41) is 4.18. The van der Waals surface area contributed by atoms with Gasteiger partial charge in [-0.2, -0.15) is 0 Å². The van der Waals surface area contributed by atoms with E-state index in [0.29, 0.717) is 12.1 Å². The molecular formula is C19H18FNO2. The van der Waals surface area contributed by atoms with Gasteiger partial charge in [-0.05, 0) is 73.4 Å². The van der Waals surface area contributed by atoms with Crippen molar-refractivity contribution < 1.29 is 8.81 Å². The molecule has 3 nitrogen and oxygen atoms in total. The second-order valence-corrected chi connectivity index (χ2v) is 5.84. The van der Waals surface area contributed by atoms with Crippen molar-refractivity contribution in [1.82, 2.24) is 0 Å². The predicted molar refractivity (Wildman–Crippen MR) is 90.4 cm³/mol. The van der Waals surface area contributed by atoms with E-state index in [1.54, 1.807) is 6.07 Å². The number of nitrogens with one attached hydrogen (secondary N) is 1. The highest BCUT2D eigenvalue weighted by atomic mass is 19.1. The summed E-state index contributed by atoms with van der Waals surface area (Å²) < 4.78 is 18.5. The maximum Gasteiger partial charge on any atom is 0.336 e. The van der Waals surface area contributed by atoms with Gasteiger partial charge in [0.2, 0.25) is 0 Å². The molecule has 0 radical (unpaired) electrons. The number of hydrogen-bond donors (Lipinski definition) is 1. The Balaban J connectivity index is 1.99. The van der Waals surface area contributed by atoms with Gasteiger partial charge >= 0.3 is 5.63 Å². The third-order valence-electron chi connectivity index (χ3n) is 4.10. The molecule has 0 fully saturated rings. The van der Waals surface area contributed by atoms with E-state index < -0.39 is 0 Å². The minimum absolute atomic E-state index is 0.259. The first-order valence-corrected chi connectivity index (χ1v) is 7.48. The zero-order valence-electron chi connectivity index (χ0n) is 13.4. The second-order valence-electron chi connectivity index (χ2n) is 5.84. The minimum atomic E-state index is -0.367. The van der Waals surface area contributed by atoms with E-state index in [-0.39, 0.29) is 11.4 Å². The van der Waals surface area contributed by atoms with Crippen molar-refractivity contribution >= 4 is 16.7 Å². The van der Waals surface area contributed by atoms with Crippen molar-refractivity contribution in [1.29, 1.82) is 0 Å². The summed E-state index contributed by atoms with van der Waals surface area (Å²) in [6, 6.07) is 10.0. The third-order valence-corrected chi connectivity index (χ3v) is 4.10. The van der Waals surface area contributed by atoms with Crippen LogP contribution in [0.1, 0.15) is 22.3 Å². The Labute approximate surface area is 133 Å². The molecule has 0 spiro atoms. The number of halogens is 1.